The summed E-state index contributed by atoms with van der Waals surface area (Å²) < 4.78 is 0. The first kappa shape index (κ1) is 14.3. The van der Waals surface area contributed by atoms with Gasteiger partial charge in [0, 0.05) is 25.0 Å². The Kier molecular flexibility index (Phi) is 5.19. The van der Waals surface area contributed by atoms with Crippen LogP contribution in [0.5, 0.6) is 0 Å². The van der Waals surface area contributed by atoms with Gasteiger partial charge in [0.25, 0.3) is 0 Å². The van der Waals surface area contributed by atoms with Crippen LogP contribution in [0.3, 0.4) is 0 Å². The lowest BCUT2D eigenvalue weighted by Crippen LogP contribution is -2.25. The summed E-state index contributed by atoms with van der Waals surface area (Å²) in [5.41, 5.74) is 2.13. The molecule has 3 nitrogen and oxygen atoms in total. The van der Waals surface area contributed by atoms with Crippen molar-refractivity contribution in [3.05, 3.63) is 45.4 Å². The fraction of sp³-hybridized carbons (Fsp3) is 0.357. The molecule has 1 heterocycles. The Hall–Kier alpha value is -1.10. The molecule has 0 aliphatic heterocycles. The smallest absolute Gasteiger partial charge is 0.0897 e. The Labute approximate surface area is 123 Å². The molecule has 1 aromatic heterocycles. The summed E-state index contributed by atoms with van der Waals surface area (Å²) in [4.78, 5) is 6.71. The van der Waals surface area contributed by atoms with Crippen molar-refractivity contribution in [2.24, 2.45) is 0 Å². The van der Waals surface area contributed by atoms with Gasteiger partial charge in [-0.15, -0.1) is 11.3 Å². The molecule has 5 heteroatoms. The number of likely N-dealkylation sites (N-methyl/N-ethyl adjacent to an activating group) is 1. The minimum absolute atomic E-state index is 0.764. The van der Waals surface area contributed by atoms with Crippen LogP contribution in [0.15, 0.2) is 29.6 Å². The fourth-order valence-electron chi connectivity index (χ4n) is 1.82. The highest BCUT2D eigenvalue weighted by molar-refractivity contribution is 7.09. The van der Waals surface area contributed by atoms with Crippen molar-refractivity contribution in [2.45, 2.75) is 13.5 Å². The van der Waals surface area contributed by atoms with Gasteiger partial charge in [-0.25, -0.2) is 4.98 Å². The van der Waals surface area contributed by atoms with Crippen LogP contribution < -0.4 is 5.32 Å². The summed E-state index contributed by atoms with van der Waals surface area (Å²) in [5.74, 6) is 0. The van der Waals surface area contributed by atoms with E-state index in [2.05, 4.69) is 27.6 Å². The molecule has 1 aromatic carbocycles. The normalized spacial score (nSPS) is 10.9. The van der Waals surface area contributed by atoms with Crippen molar-refractivity contribution in [3.8, 4) is 0 Å². The molecule has 0 saturated carbocycles. The van der Waals surface area contributed by atoms with Gasteiger partial charge >= 0.3 is 0 Å². The van der Waals surface area contributed by atoms with Crippen LogP contribution in [0.4, 0.5) is 5.69 Å². The van der Waals surface area contributed by atoms with Crippen LogP contribution in [0.25, 0.3) is 0 Å². The second-order valence-electron chi connectivity index (χ2n) is 4.50. The third kappa shape index (κ3) is 4.49. The standard InChI is InChI=1S/C14H18ClN3S/c1-11-17-12(10-19-11)9-18(2)8-7-16-14-6-4-3-5-13(14)15/h3-6,10,16H,7-9H2,1-2H3. The molecular weight excluding hydrogens is 278 g/mol. The van der Waals surface area contributed by atoms with Crippen LogP contribution >= 0.6 is 22.9 Å². The molecule has 2 aromatic rings. The molecule has 19 heavy (non-hydrogen) atoms. The monoisotopic (exact) mass is 295 g/mol. The van der Waals surface area contributed by atoms with Gasteiger partial charge < -0.3 is 5.32 Å². The van der Waals surface area contributed by atoms with E-state index in [9.17, 15) is 0 Å². The van der Waals surface area contributed by atoms with Gasteiger partial charge in [-0.3, -0.25) is 4.90 Å². The number of thiazole rings is 1. The zero-order chi connectivity index (χ0) is 13.7. The zero-order valence-corrected chi connectivity index (χ0v) is 12.8. The van der Waals surface area contributed by atoms with E-state index in [0.717, 1.165) is 41.0 Å². The van der Waals surface area contributed by atoms with E-state index in [1.165, 1.54) is 0 Å². The van der Waals surface area contributed by atoms with Gasteiger partial charge in [0.2, 0.25) is 0 Å². The first-order chi connectivity index (χ1) is 9.15. The van der Waals surface area contributed by atoms with E-state index in [1.54, 1.807) is 11.3 Å². The molecule has 2 rings (SSSR count). The van der Waals surface area contributed by atoms with Crippen LogP contribution in [-0.4, -0.2) is 30.0 Å². The van der Waals surface area contributed by atoms with Crippen molar-refractivity contribution in [3.63, 3.8) is 0 Å². The third-order valence-electron chi connectivity index (χ3n) is 2.78. The molecule has 0 fully saturated rings. The van der Waals surface area contributed by atoms with Crippen molar-refractivity contribution >= 4 is 28.6 Å². The Balaban J connectivity index is 1.75. The fourth-order valence-corrected chi connectivity index (χ4v) is 2.63. The van der Waals surface area contributed by atoms with Crippen molar-refractivity contribution in [2.75, 3.05) is 25.5 Å². The van der Waals surface area contributed by atoms with Crippen molar-refractivity contribution in [1.29, 1.82) is 0 Å². The molecule has 102 valence electrons. The molecule has 0 saturated heterocycles. The quantitative estimate of drug-likeness (QED) is 0.882. The molecule has 0 unspecified atom stereocenters. The average Bonchev–Trinajstić information content (AvgIpc) is 2.77. The van der Waals surface area contributed by atoms with Crippen molar-refractivity contribution in [1.82, 2.24) is 9.88 Å². The summed E-state index contributed by atoms with van der Waals surface area (Å²) in [6.07, 6.45) is 0. The summed E-state index contributed by atoms with van der Waals surface area (Å²) in [6, 6.07) is 7.80. The maximum atomic E-state index is 6.09. The minimum atomic E-state index is 0.764. The highest BCUT2D eigenvalue weighted by Crippen LogP contribution is 2.19. The Morgan fingerprint density at radius 2 is 2.16 bits per heavy atom. The number of nitrogens with one attached hydrogen (secondary N) is 1. The lowest BCUT2D eigenvalue weighted by Gasteiger charge is -2.16. The number of para-hydroxylation sites is 1. The van der Waals surface area contributed by atoms with Crippen LogP contribution in [0, 0.1) is 6.92 Å². The highest BCUT2D eigenvalue weighted by Gasteiger charge is 2.04. The maximum Gasteiger partial charge on any atom is 0.0897 e. The number of halogens is 1. The number of anilines is 1. The first-order valence-electron chi connectivity index (χ1n) is 6.23. The zero-order valence-electron chi connectivity index (χ0n) is 11.2. The van der Waals surface area contributed by atoms with Gasteiger partial charge in [0.05, 0.1) is 21.4 Å². The van der Waals surface area contributed by atoms with Gasteiger partial charge in [-0.1, -0.05) is 23.7 Å². The van der Waals surface area contributed by atoms with Crippen LogP contribution in [-0.2, 0) is 6.54 Å². The molecule has 0 radical (unpaired) electrons. The van der Waals surface area contributed by atoms with Gasteiger partial charge in [-0.2, -0.15) is 0 Å². The van der Waals surface area contributed by atoms with Crippen LogP contribution in [0.1, 0.15) is 10.7 Å². The average molecular weight is 296 g/mol. The van der Waals surface area contributed by atoms with E-state index in [-0.39, 0.29) is 0 Å². The molecule has 0 bridgehead atoms. The second kappa shape index (κ2) is 6.89. The Morgan fingerprint density at radius 1 is 1.37 bits per heavy atom. The molecule has 0 spiro atoms. The predicted octanol–water partition coefficient (Wildman–Crippen LogP) is 3.65. The van der Waals surface area contributed by atoms with E-state index in [1.807, 2.05) is 31.2 Å². The lowest BCUT2D eigenvalue weighted by atomic mass is 10.3. The summed E-state index contributed by atoms with van der Waals surface area (Å²) in [7, 11) is 2.10. The summed E-state index contributed by atoms with van der Waals surface area (Å²) in [5, 5.41) is 7.35. The molecule has 0 aliphatic carbocycles. The maximum absolute atomic E-state index is 6.09. The molecule has 0 atom stereocenters. The SMILES string of the molecule is Cc1nc(CN(C)CCNc2ccccc2Cl)cs1. The number of aromatic nitrogens is 1. The molecule has 1 N–H and O–H groups in total. The number of hydrogen-bond donors (Lipinski definition) is 1. The number of hydrogen-bond acceptors (Lipinski definition) is 4. The minimum Gasteiger partial charge on any atom is -0.383 e. The molecule has 0 amide bonds. The van der Waals surface area contributed by atoms with Crippen LogP contribution in [0.2, 0.25) is 5.02 Å². The van der Waals surface area contributed by atoms with Gasteiger partial charge in [-0.05, 0) is 26.1 Å². The van der Waals surface area contributed by atoms with Gasteiger partial charge in [0.15, 0.2) is 0 Å². The number of aryl methyl sites for hydroxylation is 1. The number of nitrogens with zero attached hydrogens (tertiary/aromatic N) is 2. The van der Waals surface area contributed by atoms with Gasteiger partial charge in [0.1, 0.15) is 0 Å². The Morgan fingerprint density at radius 3 is 2.84 bits per heavy atom. The largest absolute Gasteiger partial charge is 0.383 e. The topological polar surface area (TPSA) is 28.2 Å². The highest BCUT2D eigenvalue weighted by atomic mass is 35.5. The number of benzene rings is 1. The molecular formula is C14H18ClN3S. The third-order valence-corrected chi connectivity index (χ3v) is 3.93. The van der Waals surface area contributed by atoms with Crippen molar-refractivity contribution < 1.29 is 0 Å². The first-order valence-corrected chi connectivity index (χ1v) is 7.49. The van der Waals surface area contributed by atoms with E-state index in [0.29, 0.717) is 0 Å². The van der Waals surface area contributed by atoms with E-state index < -0.39 is 0 Å². The van der Waals surface area contributed by atoms with E-state index >= 15 is 0 Å². The Bertz CT molecular complexity index is 527. The molecule has 0 aliphatic rings. The summed E-state index contributed by atoms with van der Waals surface area (Å²) in [6.45, 7) is 4.73. The summed E-state index contributed by atoms with van der Waals surface area (Å²) >= 11 is 7.79. The van der Waals surface area contributed by atoms with E-state index in [4.69, 9.17) is 11.6 Å². The predicted molar refractivity (Wildman–Crippen MR) is 83.1 cm³/mol. The number of rotatable bonds is 6. The second-order valence-corrected chi connectivity index (χ2v) is 5.97. The lowest BCUT2D eigenvalue weighted by molar-refractivity contribution is 0.336.